The number of nitrogens with two attached hydrogens (primary N) is 1. The van der Waals surface area contributed by atoms with Crippen LogP contribution >= 0.6 is 0 Å². The zero-order valence-corrected chi connectivity index (χ0v) is 11.1. The highest BCUT2D eigenvalue weighted by atomic mass is 15.0. The van der Waals surface area contributed by atoms with Gasteiger partial charge in [0.15, 0.2) is 0 Å². The molecule has 0 saturated carbocycles. The normalized spacial score (nSPS) is 12.4. The lowest BCUT2D eigenvalue weighted by atomic mass is 10.1. The second-order valence-corrected chi connectivity index (χ2v) is 3.98. The van der Waals surface area contributed by atoms with E-state index in [4.69, 9.17) is 11.1 Å². The molecule has 4 heteroatoms. The van der Waals surface area contributed by atoms with Crippen LogP contribution in [0.25, 0.3) is 0 Å². The third-order valence-electron chi connectivity index (χ3n) is 2.61. The van der Waals surface area contributed by atoms with E-state index < -0.39 is 0 Å². The summed E-state index contributed by atoms with van der Waals surface area (Å²) in [6.07, 6.45) is 4.34. The van der Waals surface area contributed by atoms with Crippen molar-refractivity contribution in [2.45, 2.75) is 20.3 Å². The Balaban J connectivity index is 2.96. The van der Waals surface area contributed by atoms with Crippen LogP contribution in [0.15, 0.2) is 34.8 Å². The number of rotatable bonds is 4. The van der Waals surface area contributed by atoms with E-state index in [1.165, 1.54) is 6.21 Å². The number of allylic oxidation sites excluding steroid dienone is 1. The van der Waals surface area contributed by atoms with E-state index >= 15 is 0 Å². The minimum absolute atomic E-state index is 0.603. The Hall–Kier alpha value is -2.10. The quantitative estimate of drug-likeness (QED) is 0.432. The monoisotopic (exact) mass is 244 g/mol. The number of nitrogen functional groups attached to an aromatic ring is 1. The summed E-state index contributed by atoms with van der Waals surface area (Å²) in [5, 5.41) is 10.5. The van der Waals surface area contributed by atoms with Gasteiger partial charge in [-0.25, -0.2) is 0 Å². The summed E-state index contributed by atoms with van der Waals surface area (Å²) in [4.78, 5) is 4.23. The largest absolute Gasteiger partial charge is 0.398 e. The third kappa shape index (κ3) is 3.45. The van der Waals surface area contributed by atoms with Gasteiger partial charge in [0.05, 0.1) is 0 Å². The van der Waals surface area contributed by atoms with Crippen molar-refractivity contribution in [3.8, 4) is 0 Å². The van der Waals surface area contributed by atoms with Gasteiger partial charge in [-0.05, 0) is 37.1 Å². The van der Waals surface area contributed by atoms with Crippen LogP contribution in [0.4, 0.5) is 11.4 Å². The van der Waals surface area contributed by atoms with Crippen molar-refractivity contribution >= 4 is 23.4 Å². The number of nitrogens with one attached hydrogen (secondary N) is 2. The molecule has 4 nitrogen and oxygen atoms in total. The molecule has 0 fully saturated rings. The van der Waals surface area contributed by atoms with Gasteiger partial charge in [-0.1, -0.05) is 13.0 Å². The van der Waals surface area contributed by atoms with Crippen molar-refractivity contribution in [1.82, 2.24) is 0 Å². The summed E-state index contributed by atoms with van der Waals surface area (Å²) >= 11 is 0. The highest BCUT2D eigenvalue weighted by Crippen LogP contribution is 2.17. The Morgan fingerprint density at radius 2 is 2.22 bits per heavy atom. The molecule has 0 aliphatic heterocycles. The van der Waals surface area contributed by atoms with Crippen LogP contribution in [0.5, 0.6) is 0 Å². The lowest BCUT2D eigenvalue weighted by molar-refractivity contribution is 1.20. The number of hydrogen-bond donors (Lipinski definition) is 3. The van der Waals surface area contributed by atoms with E-state index in [0.717, 1.165) is 23.5 Å². The van der Waals surface area contributed by atoms with Gasteiger partial charge in [0, 0.05) is 30.2 Å². The minimum Gasteiger partial charge on any atom is -0.398 e. The van der Waals surface area contributed by atoms with Gasteiger partial charge in [0.2, 0.25) is 0 Å². The van der Waals surface area contributed by atoms with E-state index in [0.29, 0.717) is 11.3 Å². The maximum atomic E-state index is 7.28. The van der Waals surface area contributed by atoms with E-state index in [2.05, 4.69) is 23.3 Å². The molecule has 0 unspecified atom stereocenters. The first-order valence-corrected chi connectivity index (χ1v) is 5.93. The summed E-state index contributed by atoms with van der Waals surface area (Å²) in [5.74, 6) is 0.831. The van der Waals surface area contributed by atoms with Crippen LogP contribution in [0.2, 0.25) is 0 Å². The van der Waals surface area contributed by atoms with Crippen molar-refractivity contribution in [3.63, 3.8) is 0 Å². The lowest BCUT2D eigenvalue weighted by Crippen LogP contribution is -2.13. The van der Waals surface area contributed by atoms with Gasteiger partial charge < -0.3 is 16.5 Å². The molecule has 0 aliphatic carbocycles. The molecule has 96 valence electrons. The fourth-order valence-electron chi connectivity index (χ4n) is 1.65. The Morgan fingerprint density at radius 3 is 2.78 bits per heavy atom. The SMILES string of the molecule is CC/C=C(/C)C(=NC)Nc1ccc(N)c(C=N)c1. The molecule has 1 aromatic carbocycles. The zero-order chi connectivity index (χ0) is 13.5. The highest BCUT2D eigenvalue weighted by molar-refractivity contribution is 6.07. The van der Waals surface area contributed by atoms with Crippen LogP contribution in [-0.2, 0) is 0 Å². The van der Waals surface area contributed by atoms with Crippen LogP contribution in [0.1, 0.15) is 25.8 Å². The van der Waals surface area contributed by atoms with Gasteiger partial charge >= 0.3 is 0 Å². The van der Waals surface area contributed by atoms with Gasteiger partial charge in [-0.2, -0.15) is 0 Å². The molecular formula is C14H20N4. The summed E-state index contributed by atoms with van der Waals surface area (Å²) in [6, 6.07) is 5.51. The van der Waals surface area contributed by atoms with Crippen molar-refractivity contribution < 1.29 is 0 Å². The summed E-state index contributed by atoms with van der Waals surface area (Å²) < 4.78 is 0. The van der Waals surface area contributed by atoms with E-state index in [1.807, 2.05) is 19.1 Å². The maximum Gasteiger partial charge on any atom is 0.127 e. The fraction of sp³-hybridized carbons (Fsp3) is 0.286. The minimum atomic E-state index is 0.603. The standard InChI is InChI=1S/C14H20N4/c1-4-5-10(2)14(17-3)18-12-6-7-13(16)11(8-12)9-15/h5-9,15H,4,16H2,1-3H3,(H,17,18)/b10-5-,15-9?. The van der Waals surface area contributed by atoms with Crippen molar-refractivity contribution in [3.05, 3.63) is 35.4 Å². The predicted molar refractivity (Wildman–Crippen MR) is 79.8 cm³/mol. The zero-order valence-electron chi connectivity index (χ0n) is 11.1. The number of anilines is 2. The average Bonchev–Trinajstić information content (AvgIpc) is 2.37. The Bertz CT molecular complexity index is 487. The smallest absolute Gasteiger partial charge is 0.127 e. The first-order chi connectivity index (χ1) is 8.62. The van der Waals surface area contributed by atoms with E-state index in [9.17, 15) is 0 Å². The molecule has 0 aliphatic rings. The molecule has 1 rings (SSSR count). The number of hydrogen-bond acceptors (Lipinski definition) is 3. The Kier molecular flexibility index (Phi) is 5.11. The van der Waals surface area contributed by atoms with Gasteiger partial charge in [-0.3, -0.25) is 4.99 Å². The highest BCUT2D eigenvalue weighted by Gasteiger charge is 2.03. The molecule has 0 radical (unpaired) electrons. The Morgan fingerprint density at radius 1 is 1.50 bits per heavy atom. The van der Waals surface area contributed by atoms with Crippen LogP contribution in [-0.4, -0.2) is 19.1 Å². The fourth-order valence-corrected chi connectivity index (χ4v) is 1.65. The van der Waals surface area contributed by atoms with Crippen molar-refractivity contribution in [2.24, 2.45) is 4.99 Å². The third-order valence-corrected chi connectivity index (χ3v) is 2.61. The molecule has 0 saturated heterocycles. The van der Waals surface area contributed by atoms with Crippen molar-refractivity contribution in [1.29, 1.82) is 5.41 Å². The number of nitrogens with zero attached hydrogens (tertiary/aromatic N) is 1. The second kappa shape index (κ2) is 6.59. The first-order valence-electron chi connectivity index (χ1n) is 5.93. The van der Waals surface area contributed by atoms with Crippen LogP contribution < -0.4 is 11.1 Å². The molecule has 0 spiro atoms. The van der Waals surface area contributed by atoms with Gasteiger partial charge in [0.1, 0.15) is 5.84 Å². The van der Waals surface area contributed by atoms with Crippen LogP contribution in [0, 0.1) is 5.41 Å². The molecule has 1 aromatic rings. The molecule has 0 bridgehead atoms. The first kappa shape index (κ1) is 14.0. The predicted octanol–water partition coefficient (Wildman–Crippen LogP) is 3.06. The summed E-state index contributed by atoms with van der Waals surface area (Å²) in [5.41, 5.74) is 9.04. The topological polar surface area (TPSA) is 74.3 Å². The van der Waals surface area contributed by atoms with E-state index in [1.54, 1.807) is 13.1 Å². The second-order valence-electron chi connectivity index (χ2n) is 3.98. The number of amidine groups is 1. The number of aliphatic imine (C=N–C) groups is 1. The molecule has 0 amide bonds. The van der Waals surface area contributed by atoms with Gasteiger partial charge in [-0.15, -0.1) is 0 Å². The molecule has 18 heavy (non-hydrogen) atoms. The maximum absolute atomic E-state index is 7.28. The molecular weight excluding hydrogens is 224 g/mol. The van der Waals surface area contributed by atoms with Crippen molar-refractivity contribution in [2.75, 3.05) is 18.1 Å². The lowest BCUT2D eigenvalue weighted by Gasteiger charge is -2.11. The van der Waals surface area contributed by atoms with Gasteiger partial charge in [0.25, 0.3) is 0 Å². The summed E-state index contributed by atoms with van der Waals surface area (Å²) in [6.45, 7) is 4.11. The molecule has 4 N–H and O–H groups in total. The molecule has 0 heterocycles. The van der Waals surface area contributed by atoms with Crippen LogP contribution in [0.3, 0.4) is 0 Å². The number of benzene rings is 1. The Labute approximate surface area is 108 Å². The average molecular weight is 244 g/mol. The summed E-state index contributed by atoms with van der Waals surface area (Å²) in [7, 11) is 1.75. The molecule has 0 atom stereocenters. The molecule has 0 aromatic heterocycles. The van der Waals surface area contributed by atoms with E-state index in [-0.39, 0.29) is 0 Å².